The van der Waals surface area contributed by atoms with Crippen LogP contribution in [0.1, 0.15) is 54.0 Å². The van der Waals surface area contributed by atoms with E-state index in [-0.39, 0.29) is 18.4 Å². The molecule has 0 spiro atoms. The molecule has 3 aromatic rings. The van der Waals surface area contributed by atoms with Gasteiger partial charge in [-0.15, -0.1) is 5.92 Å². The van der Waals surface area contributed by atoms with Gasteiger partial charge in [-0.1, -0.05) is 48.4 Å². The van der Waals surface area contributed by atoms with E-state index in [1.165, 1.54) is 12.1 Å². The van der Waals surface area contributed by atoms with Gasteiger partial charge in [0.25, 0.3) is 0 Å². The molecule has 0 fully saturated rings. The van der Waals surface area contributed by atoms with Gasteiger partial charge in [-0.25, -0.2) is 0 Å². The number of alkyl halides is 3. The van der Waals surface area contributed by atoms with Crippen LogP contribution < -0.4 is 4.74 Å². The van der Waals surface area contributed by atoms with Gasteiger partial charge in [0, 0.05) is 0 Å². The molecule has 4 rings (SSSR count). The zero-order chi connectivity index (χ0) is 24.3. The number of aryl methyl sites for hydroxylation is 1. The van der Waals surface area contributed by atoms with Crippen LogP contribution in [-0.2, 0) is 17.4 Å². The van der Waals surface area contributed by atoms with Gasteiger partial charge in [-0.3, -0.25) is 4.79 Å². The Labute approximate surface area is 196 Å². The Morgan fingerprint density at radius 2 is 1.74 bits per heavy atom. The number of carboxylic acids is 1. The highest BCUT2D eigenvalue weighted by Crippen LogP contribution is 2.38. The first-order chi connectivity index (χ1) is 16.2. The number of carbonyl (C=O) groups is 1. The molecule has 0 heterocycles. The van der Waals surface area contributed by atoms with E-state index in [1.54, 1.807) is 6.92 Å². The normalized spacial score (nSPS) is 15.7. The van der Waals surface area contributed by atoms with Gasteiger partial charge in [0.15, 0.2) is 0 Å². The molecule has 0 saturated heterocycles. The van der Waals surface area contributed by atoms with Crippen molar-refractivity contribution in [2.75, 3.05) is 0 Å². The molecular formula is C28H23F3O3. The molecule has 2 atom stereocenters. The monoisotopic (exact) mass is 464 g/mol. The van der Waals surface area contributed by atoms with Crippen LogP contribution in [0.15, 0.2) is 66.7 Å². The number of carboxylic acid groups (broad SMARTS) is 1. The van der Waals surface area contributed by atoms with Crippen LogP contribution in [-0.4, -0.2) is 11.1 Å². The Balaban J connectivity index is 1.47. The zero-order valence-electron chi connectivity index (χ0n) is 18.5. The van der Waals surface area contributed by atoms with E-state index in [9.17, 15) is 18.0 Å². The molecule has 1 aliphatic rings. The number of hydrogen-bond acceptors (Lipinski definition) is 2. The fourth-order valence-corrected chi connectivity index (χ4v) is 4.28. The predicted molar refractivity (Wildman–Crippen MR) is 123 cm³/mol. The summed E-state index contributed by atoms with van der Waals surface area (Å²) in [6, 6.07) is 18.5. The first kappa shape index (κ1) is 23.4. The molecule has 0 amide bonds. The average molecular weight is 464 g/mol. The van der Waals surface area contributed by atoms with E-state index >= 15 is 0 Å². The van der Waals surface area contributed by atoms with E-state index in [1.807, 2.05) is 42.5 Å². The van der Waals surface area contributed by atoms with Gasteiger partial charge in [0.1, 0.15) is 11.9 Å². The van der Waals surface area contributed by atoms with E-state index in [2.05, 4.69) is 11.8 Å². The number of halogens is 3. The highest BCUT2D eigenvalue weighted by molar-refractivity contribution is 5.69. The smallest absolute Gasteiger partial charge is 0.416 e. The Morgan fingerprint density at radius 1 is 1.06 bits per heavy atom. The summed E-state index contributed by atoms with van der Waals surface area (Å²) in [5.74, 6) is 5.15. The third kappa shape index (κ3) is 5.26. The molecule has 0 bridgehead atoms. The van der Waals surface area contributed by atoms with Gasteiger partial charge in [-0.05, 0) is 71.8 Å². The predicted octanol–water partition coefficient (Wildman–Crippen LogP) is 7.02. The zero-order valence-corrected chi connectivity index (χ0v) is 18.5. The molecule has 0 radical (unpaired) electrons. The number of benzene rings is 3. The molecular weight excluding hydrogens is 441 g/mol. The highest BCUT2D eigenvalue weighted by Gasteiger charge is 2.30. The highest BCUT2D eigenvalue weighted by atomic mass is 19.4. The van der Waals surface area contributed by atoms with E-state index in [4.69, 9.17) is 9.84 Å². The maximum Gasteiger partial charge on any atom is 0.416 e. The van der Waals surface area contributed by atoms with Crippen LogP contribution in [0.2, 0.25) is 0 Å². The SMILES string of the molecule is CC#CC(CC(=O)O)c1ccc(OC2CCc3cc(-c4ccc(C(F)(F)F)cc4)ccc32)cc1. The summed E-state index contributed by atoms with van der Waals surface area (Å²) < 4.78 is 44.7. The molecule has 1 aliphatic carbocycles. The Hall–Kier alpha value is -3.72. The lowest BCUT2D eigenvalue weighted by Crippen LogP contribution is -2.06. The first-order valence-corrected chi connectivity index (χ1v) is 11.0. The molecule has 174 valence electrons. The van der Waals surface area contributed by atoms with Crippen LogP contribution in [0.3, 0.4) is 0 Å². The molecule has 0 aromatic heterocycles. The number of hydrogen-bond donors (Lipinski definition) is 1. The maximum absolute atomic E-state index is 12.8. The van der Waals surface area contributed by atoms with Crippen LogP contribution in [0.4, 0.5) is 13.2 Å². The van der Waals surface area contributed by atoms with Crippen LogP contribution in [0.25, 0.3) is 11.1 Å². The second-order valence-electron chi connectivity index (χ2n) is 8.25. The van der Waals surface area contributed by atoms with Crippen molar-refractivity contribution in [3.8, 4) is 28.7 Å². The van der Waals surface area contributed by atoms with Crippen molar-refractivity contribution in [1.29, 1.82) is 0 Å². The summed E-state index contributed by atoms with van der Waals surface area (Å²) in [7, 11) is 0. The Kier molecular flexibility index (Phi) is 6.65. The number of aliphatic carboxylic acids is 1. The van der Waals surface area contributed by atoms with Crippen molar-refractivity contribution in [3.63, 3.8) is 0 Å². The lowest BCUT2D eigenvalue weighted by Gasteiger charge is -2.16. The van der Waals surface area contributed by atoms with Gasteiger partial charge in [0.05, 0.1) is 17.9 Å². The second kappa shape index (κ2) is 9.64. The van der Waals surface area contributed by atoms with E-state index in [0.29, 0.717) is 5.75 Å². The number of rotatable bonds is 6. The summed E-state index contributed by atoms with van der Waals surface area (Å²) in [5.41, 5.74) is 3.98. The molecule has 3 aromatic carbocycles. The van der Waals surface area contributed by atoms with Crippen molar-refractivity contribution < 1.29 is 27.8 Å². The summed E-state index contributed by atoms with van der Waals surface area (Å²) in [5, 5.41) is 9.11. The second-order valence-corrected chi connectivity index (χ2v) is 8.25. The van der Waals surface area contributed by atoms with Crippen molar-refractivity contribution in [2.45, 2.75) is 44.4 Å². The van der Waals surface area contributed by atoms with Gasteiger partial charge in [0.2, 0.25) is 0 Å². The van der Waals surface area contributed by atoms with E-state index in [0.717, 1.165) is 52.8 Å². The van der Waals surface area contributed by atoms with Gasteiger partial charge in [-0.2, -0.15) is 13.2 Å². The summed E-state index contributed by atoms with van der Waals surface area (Å²) >= 11 is 0. The third-order valence-electron chi connectivity index (χ3n) is 5.97. The lowest BCUT2D eigenvalue weighted by atomic mass is 9.96. The Morgan fingerprint density at radius 3 is 2.35 bits per heavy atom. The minimum atomic E-state index is -4.35. The molecule has 1 N–H and O–H groups in total. The van der Waals surface area contributed by atoms with Crippen LogP contribution in [0, 0.1) is 11.8 Å². The molecule has 3 nitrogen and oxygen atoms in total. The largest absolute Gasteiger partial charge is 0.486 e. The molecule has 0 saturated carbocycles. The van der Waals surface area contributed by atoms with Gasteiger partial charge >= 0.3 is 12.1 Å². The topological polar surface area (TPSA) is 46.5 Å². The Bertz CT molecular complexity index is 1230. The first-order valence-electron chi connectivity index (χ1n) is 11.0. The van der Waals surface area contributed by atoms with Crippen LogP contribution in [0.5, 0.6) is 5.75 Å². The van der Waals surface area contributed by atoms with E-state index < -0.39 is 17.7 Å². The number of fused-ring (bicyclic) bond motifs is 1. The van der Waals surface area contributed by atoms with Crippen molar-refractivity contribution in [1.82, 2.24) is 0 Å². The standard InChI is InChI=1S/C28H23F3O3/c1-2-3-20(17-27(32)33)19-6-12-24(13-7-19)34-26-15-9-22-16-21(8-14-25(22)26)18-4-10-23(11-5-18)28(29,30)31/h4-8,10-14,16,20,26H,9,15,17H2,1H3,(H,32,33). The third-order valence-corrected chi connectivity index (χ3v) is 5.97. The number of ether oxygens (including phenoxy) is 1. The molecule has 6 heteroatoms. The quantitative estimate of drug-likeness (QED) is 0.399. The lowest BCUT2D eigenvalue weighted by molar-refractivity contribution is -0.138. The molecule has 34 heavy (non-hydrogen) atoms. The fraction of sp³-hybridized carbons (Fsp3) is 0.250. The van der Waals surface area contributed by atoms with Crippen molar-refractivity contribution >= 4 is 5.97 Å². The van der Waals surface area contributed by atoms with Gasteiger partial charge < -0.3 is 9.84 Å². The summed E-state index contributed by atoms with van der Waals surface area (Å²) in [4.78, 5) is 11.1. The maximum atomic E-state index is 12.8. The summed E-state index contributed by atoms with van der Waals surface area (Å²) in [6.45, 7) is 1.69. The summed E-state index contributed by atoms with van der Waals surface area (Å²) in [6.07, 6.45) is -2.90. The van der Waals surface area contributed by atoms with Crippen molar-refractivity contribution in [2.24, 2.45) is 0 Å². The molecule has 2 unspecified atom stereocenters. The average Bonchev–Trinajstić information content (AvgIpc) is 3.20. The minimum Gasteiger partial charge on any atom is -0.486 e. The van der Waals surface area contributed by atoms with Crippen molar-refractivity contribution in [3.05, 3.63) is 89.0 Å². The molecule has 0 aliphatic heterocycles. The minimum absolute atomic E-state index is 0.0572. The fourth-order valence-electron chi connectivity index (χ4n) is 4.28. The van der Waals surface area contributed by atoms with Crippen LogP contribution >= 0.6 is 0 Å².